The normalized spacial score (nSPS) is 11.4. The Morgan fingerprint density at radius 1 is 1.38 bits per heavy atom. The SMILES string of the molecule is Cc1ccc(OC(F)(F)F)[n+](O)c1. The average molecular weight is 194 g/mol. The van der Waals surface area contributed by atoms with Gasteiger partial charge in [0.2, 0.25) is 6.20 Å². The van der Waals surface area contributed by atoms with Gasteiger partial charge in [-0.25, -0.2) is 0 Å². The van der Waals surface area contributed by atoms with E-state index in [0.717, 1.165) is 12.3 Å². The summed E-state index contributed by atoms with van der Waals surface area (Å²) in [5.41, 5.74) is 0.622. The van der Waals surface area contributed by atoms with Gasteiger partial charge >= 0.3 is 12.2 Å². The maximum Gasteiger partial charge on any atom is 0.577 e. The monoisotopic (exact) mass is 194 g/mol. The molecule has 0 bridgehead atoms. The van der Waals surface area contributed by atoms with E-state index < -0.39 is 12.2 Å². The standard InChI is InChI=1S/C7H7F3NO2/c1-5-2-3-6(11(12)4-5)13-7(8,9)10/h2-4,12H,1H3/q+1. The summed E-state index contributed by atoms with van der Waals surface area (Å²) in [7, 11) is 0. The number of ether oxygens (including phenoxy) is 1. The third-order valence-corrected chi connectivity index (χ3v) is 1.26. The average Bonchev–Trinajstić information content (AvgIpc) is 1.93. The van der Waals surface area contributed by atoms with Crippen LogP contribution in [-0.4, -0.2) is 11.6 Å². The third-order valence-electron chi connectivity index (χ3n) is 1.26. The van der Waals surface area contributed by atoms with Crippen molar-refractivity contribution in [1.29, 1.82) is 0 Å². The Bertz CT molecular complexity index is 311. The van der Waals surface area contributed by atoms with Crippen molar-refractivity contribution < 1.29 is 27.8 Å². The minimum atomic E-state index is -4.79. The van der Waals surface area contributed by atoms with Crippen LogP contribution in [0.4, 0.5) is 13.2 Å². The number of pyridine rings is 1. The van der Waals surface area contributed by atoms with Gasteiger partial charge in [0.25, 0.3) is 0 Å². The van der Waals surface area contributed by atoms with Gasteiger partial charge in [-0.2, -0.15) is 0 Å². The number of aryl methyl sites for hydroxylation is 1. The van der Waals surface area contributed by atoms with Crippen molar-refractivity contribution in [3.8, 4) is 5.88 Å². The number of rotatable bonds is 1. The van der Waals surface area contributed by atoms with Crippen molar-refractivity contribution >= 4 is 0 Å². The number of nitrogens with zero attached hydrogens (tertiary/aromatic N) is 1. The molecule has 0 atom stereocenters. The van der Waals surface area contributed by atoms with Gasteiger partial charge in [0.1, 0.15) is 0 Å². The fourth-order valence-electron chi connectivity index (χ4n) is 0.778. The Hall–Kier alpha value is -1.46. The zero-order chi connectivity index (χ0) is 10.1. The van der Waals surface area contributed by atoms with E-state index in [4.69, 9.17) is 5.21 Å². The van der Waals surface area contributed by atoms with E-state index in [1.807, 2.05) is 0 Å². The lowest BCUT2D eigenvalue weighted by molar-refractivity contribution is -0.908. The molecule has 0 fully saturated rings. The minimum absolute atomic E-state index is 0.281. The van der Waals surface area contributed by atoms with Crippen LogP contribution in [0.1, 0.15) is 5.56 Å². The molecular formula is C7H7F3NO2+. The molecule has 0 aliphatic carbocycles. The van der Waals surface area contributed by atoms with Crippen LogP contribution in [0.15, 0.2) is 18.3 Å². The molecule has 0 aliphatic heterocycles. The molecule has 0 amide bonds. The summed E-state index contributed by atoms with van der Waals surface area (Å²) in [5, 5.41) is 8.95. The second-order valence-electron chi connectivity index (χ2n) is 2.44. The molecule has 1 heterocycles. The Labute approximate surface area is 71.9 Å². The van der Waals surface area contributed by atoms with Crippen LogP contribution < -0.4 is 9.47 Å². The molecule has 0 saturated carbocycles. The van der Waals surface area contributed by atoms with Gasteiger partial charge in [-0.3, -0.25) is 5.21 Å². The van der Waals surface area contributed by atoms with Crippen molar-refractivity contribution in [1.82, 2.24) is 0 Å². The topological polar surface area (TPSA) is 33.3 Å². The Balaban J connectivity index is 2.90. The van der Waals surface area contributed by atoms with Crippen LogP contribution in [0.3, 0.4) is 0 Å². The summed E-state index contributed by atoms with van der Waals surface area (Å²) in [5.74, 6) is -0.668. The molecule has 0 aliphatic rings. The Morgan fingerprint density at radius 3 is 2.46 bits per heavy atom. The maximum atomic E-state index is 11.7. The van der Waals surface area contributed by atoms with E-state index in [1.165, 1.54) is 6.07 Å². The van der Waals surface area contributed by atoms with E-state index in [1.54, 1.807) is 6.92 Å². The zero-order valence-electron chi connectivity index (χ0n) is 6.67. The predicted octanol–water partition coefficient (Wildman–Crippen LogP) is 1.42. The molecule has 0 unspecified atom stereocenters. The largest absolute Gasteiger partial charge is 0.577 e. The minimum Gasteiger partial charge on any atom is -0.347 e. The second-order valence-corrected chi connectivity index (χ2v) is 2.44. The Kier molecular flexibility index (Phi) is 2.31. The fraction of sp³-hybridized carbons (Fsp3) is 0.286. The molecule has 0 spiro atoms. The van der Waals surface area contributed by atoms with E-state index in [0.29, 0.717) is 5.56 Å². The lowest BCUT2D eigenvalue weighted by Gasteiger charge is -2.04. The number of alkyl halides is 3. The smallest absolute Gasteiger partial charge is 0.347 e. The summed E-state index contributed by atoms with van der Waals surface area (Å²) in [6, 6.07) is 2.43. The van der Waals surface area contributed by atoms with Crippen LogP contribution in [-0.2, 0) is 0 Å². The predicted molar refractivity (Wildman–Crippen MR) is 35.2 cm³/mol. The molecular weight excluding hydrogens is 187 g/mol. The molecule has 1 N–H and O–H groups in total. The van der Waals surface area contributed by atoms with E-state index in [-0.39, 0.29) is 4.73 Å². The van der Waals surface area contributed by atoms with Gasteiger partial charge in [0, 0.05) is 10.3 Å². The number of hydrogen-bond acceptors (Lipinski definition) is 2. The van der Waals surface area contributed by atoms with Crippen molar-refractivity contribution in [2.24, 2.45) is 0 Å². The van der Waals surface area contributed by atoms with Crippen molar-refractivity contribution in [3.05, 3.63) is 23.9 Å². The van der Waals surface area contributed by atoms with Gasteiger partial charge in [0.15, 0.2) is 0 Å². The van der Waals surface area contributed by atoms with Crippen molar-refractivity contribution in [2.45, 2.75) is 13.3 Å². The maximum absolute atomic E-state index is 11.7. The molecule has 0 saturated heterocycles. The van der Waals surface area contributed by atoms with Gasteiger partial charge in [-0.15, -0.1) is 13.2 Å². The van der Waals surface area contributed by atoms with E-state index in [2.05, 4.69) is 4.74 Å². The molecule has 3 nitrogen and oxygen atoms in total. The van der Waals surface area contributed by atoms with Crippen molar-refractivity contribution in [2.75, 3.05) is 0 Å². The second kappa shape index (κ2) is 3.12. The first-order valence-corrected chi connectivity index (χ1v) is 3.36. The number of hydrogen-bond donors (Lipinski definition) is 1. The lowest BCUT2D eigenvalue weighted by atomic mass is 10.3. The molecule has 1 aromatic heterocycles. The number of halogens is 3. The molecule has 0 radical (unpaired) electrons. The van der Waals surface area contributed by atoms with Gasteiger partial charge in [-0.05, 0) is 13.0 Å². The zero-order valence-corrected chi connectivity index (χ0v) is 6.67. The first-order valence-electron chi connectivity index (χ1n) is 3.36. The highest BCUT2D eigenvalue weighted by atomic mass is 19.4. The highest BCUT2D eigenvalue weighted by Gasteiger charge is 2.35. The van der Waals surface area contributed by atoms with Gasteiger partial charge in [0.05, 0.1) is 6.07 Å². The first-order chi connectivity index (χ1) is 5.88. The van der Waals surface area contributed by atoms with Crippen LogP contribution in [0, 0.1) is 6.92 Å². The summed E-state index contributed by atoms with van der Waals surface area (Å²) >= 11 is 0. The highest BCUT2D eigenvalue weighted by Crippen LogP contribution is 2.18. The number of aromatic nitrogens is 1. The summed E-state index contributed by atoms with van der Waals surface area (Å²) < 4.78 is 38.8. The van der Waals surface area contributed by atoms with E-state index in [9.17, 15) is 13.2 Å². The fourth-order valence-corrected chi connectivity index (χ4v) is 0.778. The molecule has 72 valence electrons. The first kappa shape index (κ1) is 9.63. The Morgan fingerprint density at radius 2 is 2.00 bits per heavy atom. The molecule has 6 heteroatoms. The van der Waals surface area contributed by atoms with Gasteiger partial charge < -0.3 is 4.74 Å². The highest BCUT2D eigenvalue weighted by molar-refractivity contribution is 5.10. The summed E-state index contributed by atoms with van der Waals surface area (Å²) in [6.07, 6.45) is -3.68. The van der Waals surface area contributed by atoms with Crippen LogP contribution in [0.5, 0.6) is 5.88 Å². The third kappa shape index (κ3) is 2.81. The summed E-state index contributed by atoms with van der Waals surface area (Å²) in [6.45, 7) is 1.63. The molecule has 1 aromatic rings. The van der Waals surface area contributed by atoms with E-state index >= 15 is 0 Å². The van der Waals surface area contributed by atoms with Gasteiger partial charge in [-0.1, -0.05) is 0 Å². The summed E-state index contributed by atoms with van der Waals surface area (Å²) in [4.78, 5) is 0. The lowest BCUT2D eigenvalue weighted by Crippen LogP contribution is -2.35. The molecule has 1 rings (SSSR count). The molecule has 0 aromatic carbocycles. The quantitative estimate of drug-likeness (QED) is 0.541. The van der Waals surface area contributed by atoms with Crippen molar-refractivity contribution in [3.63, 3.8) is 0 Å². The van der Waals surface area contributed by atoms with Crippen LogP contribution in [0.2, 0.25) is 0 Å². The van der Waals surface area contributed by atoms with Crippen LogP contribution in [0.25, 0.3) is 0 Å². The van der Waals surface area contributed by atoms with Crippen LogP contribution >= 0.6 is 0 Å². The molecule has 13 heavy (non-hydrogen) atoms.